The number of amides is 1. The van der Waals surface area contributed by atoms with Crippen LogP contribution in [0.3, 0.4) is 0 Å². The third-order valence-electron chi connectivity index (χ3n) is 2.29. The van der Waals surface area contributed by atoms with Gasteiger partial charge in [-0.15, -0.1) is 0 Å². The molecule has 0 spiro atoms. The summed E-state index contributed by atoms with van der Waals surface area (Å²) in [5, 5.41) is 12.5. The zero-order valence-electron chi connectivity index (χ0n) is 11.1. The van der Waals surface area contributed by atoms with E-state index in [1.807, 2.05) is 51.1 Å². The average Bonchev–Trinajstić information content (AvgIpc) is 2.27. The third-order valence-corrected chi connectivity index (χ3v) is 2.29. The Morgan fingerprint density at radius 1 is 1.33 bits per heavy atom. The fourth-order valence-electron chi connectivity index (χ4n) is 1.45. The molecule has 0 saturated carbocycles. The normalized spacial score (nSPS) is 12.9. The monoisotopic (exact) mass is 251 g/mol. The largest absolute Gasteiger partial charge is 0.449 e. The fourth-order valence-corrected chi connectivity index (χ4v) is 1.45. The van der Waals surface area contributed by atoms with Crippen LogP contribution in [-0.4, -0.2) is 23.3 Å². The van der Waals surface area contributed by atoms with Crippen molar-refractivity contribution in [2.24, 2.45) is 0 Å². The van der Waals surface area contributed by atoms with E-state index < -0.39 is 12.2 Å². The maximum Gasteiger partial charge on any atom is 0.407 e. The summed E-state index contributed by atoms with van der Waals surface area (Å²) < 4.78 is 5.00. The van der Waals surface area contributed by atoms with Gasteiger partial charge in [-0.3, -0.25) is 0 Å². The molecular weight excluding hydrogens is 230 g/mol. The van der Waals surface area contributed by atoms with E-state index in [1.165, 1.54) is 0 Å². The van der Waals surface area contributed by atoms with Crippen LogP contribution in [0, 0.1) is 0 Å². The van der Waals surface area contributed by atoms with E-state index in [9.17, 15) is 9.90 Å². The number of alkyl carbamates (subject to hydrolysis) is 1. The van der Waals surface area contributed by atoms with Crippen LogP contribution in [0.15, 0.2) is 30.3 Å². The Bertz CT molecular complexity index is 370. The van der Waals surface area contributed by atoms with E-state index in [-0.39, 0.29) is 12.1 Å². The molecule has 0 unspecified atom stereocenters. The van der Waals surface area contributed by atoms with Crippen LogP contribution < -0.4 is 5.32 Å². The molecule has 18 heavy (non-hydrogen) atoms. The highest BCUT2D eigenvalue weighted by Gasteiger charge is 2.15. The summed E-state index contributed by atoms with van der Waals surface area (Å²) in [5.41, 5.74) is 0.520. The Labute approximate surface area is 108 Å². The molecule has 100 valence electrons. The number of rotatable bonds is 4. The fraction of sp³-hybridized carbons (Fsp3) is 0.500. The first-order valence-electron chi connectivity index (χ1n) is 6.06. The maximum absolute atomic E-state index is 11.4. The van der Waals surface area contributed by atoms with E-state index in [0.29, 0.717) is 6.42 Å². The molecule has 4 heteroatoms. The van der Waals surface area contributed by atoms with Gasteiger partial charge in [0, 0.05) is 12.0 Å². The molecule has 0 aliphatic heterocycles. The molecule has 0 radical (unpaired) electrons. The number of carbonyl (C=O) groups is 1. The van der Waals surface area contributed by atoms with Gasteiger partial charge in [0.25, 0.3) is 0 Å². The molecule has 0 bridgehead atoms. The number of ether oxygens (including phenoxy) is 1. The van der Waals surface area contributed by atoms with Crippen molar-refractivity contribution in [3.8, 4) is 0 Å². The van der Waals surface area contributed by atoms with Crippen LogP contribution in [0.5, 0.6) is 0 Å². The number of aliphatic hydroxyl groups excluding tert-OH is 1. The van der Waals surface area contributed by atoms with Crippen LogP contribution >= 0.6 is 0 Å². The zero-order chi connectivity index (χ0) is 13.6. The molecule has 0 aliphatic rings. The molecule has 0 aromatic heterocycles. The summed E-state index contributed by atoms with van der Waals surface area (Å²) in [4.78, 5) is 11.4. The Morgan fingerprint density at radius 2 is 1.94 bits per heavy atom. The predicted molar refractivity (Wildman–Crippen MR) is 70.3 cm³/mol. The molecule has 2 N–H and O–H groups in total. The SMILES string of the molecule is CC(C)(C)NC(=O)OCC[C@@H](O)c1ccccc1. The molecule has 0 fully saturated rings. The molecule has 1 aromatic carbocycles. The molecule has 4 nitrogen and oxygen atoms in total. The van der Waals surface area contributed by atoms with Crippen molar-refractivity contribution in [2.45, 2.75) is 38.8 Å². The Kier molecular flexibility index (Phi) is 5.16. The van der Waals surface area contributed by atoms with Gasteiger partial charge in [-0.1, -0.05) is 30.3 Å². The second kappa shape index (κ2) is 6.40. The molecular formula is C14H21NO3. The summed E-state index contributed by atoms with van der Waals surface area (Å²) in [6.07, 6.45) is -0.668. The Hall–Kier alpha value is -1.55. The highest BCUT2D eigenvalue weighted by molar-refractivity contribution is 5.68. The second-order valence-corrected chi connectivity index (χ2v) is 5.23. The van der Waals surface area contributed by atoms with Crippen LogP contribution in [-0.2, 0) is 4.74 Å². The zero-order valence-corrected chi connectivity index (χ0v) is 11.1. The van der Waals surface area contributed by atoms with Crippen LogP contribution in [0.4, 0.5) is 4.79 Å². The van der Waals surface area contributed by atoms with Gasteiger partial charge in [-0.2, -0.15) is 0 Å². The van der Waals surface area contributed by atoms with E-state index in [1.54, 1.807) is 0 Å². The minimum Gasteiger partial charge on any atom is -0.449 e. The first-order valence-corrected chi connectivity index (χ1v) is 6.06. The van der Waals surface area contributed by atoms with Crippen LogP contribution in [0.1, 0.15) is 38.9 Å². The van der Waals surface area contributed by atoms with Gasteiger partial charge in [-0.05, 0) is 26.3 Å². The maximum atomic E-state index is 11.4. The minimum absolute atomic E-state index is 0.192. The second-order valence-electron chi connectivity index (χ2n) is 5.23. The lowest BCUT2D eigenvalue weighted by Crippen LogP contribution is -2.41. The van der Waals surface area contributed by atoms with E-state index >= 15 is 0 Å². The first kappa shape index (κ1) is 14.5. The molecule has 1 atom stereocenters. The summed E-state index contributed by atoms with van der Waals surface area (Å²) >= 11 is 0. The summed E-state index contributed by atoms with van der Waals surface area (Å²) in [5.74, 6) is 0. The van der Waals surface area contributed by atoms with Gasteiger partial charge >= 0.3 is 6.09 Å². The topological polar surface area (TPSA) is 58.6 Å². The summed E-state index contributed by atoms with van der Waals surface area (Å²) in [7, 11) is 0. The molecule has 0 heterocycles. The Balaban J connectivity index is 2.28. The lowest BCUT2D eigenvalue weighted by Gasteiger charge is -2.20. The first-order chi connectivity index (χ1) is 8.38. The minimum atomic E-state index is -0.603. The molecule has 1 aromatic rings. The van der Waals surface area contributed by atoms with Crippen molar-refractivity contribution in [1.82, 2.24) is 5.32 Å². The van der Waals surface area contributed by atoms with Gasteiger partial charge in [0.15, 0.2) is 0 Å². The van der Waals surface area contributed by atoms with E-state index in [4.69, 9.17) is 4.74 Å². The highest BCUT2D eigenvalue weighted by Crippen LogP contribution is 2.15. The number of hydrogen-bond acceptors (Lipinski definition) is 3. The predicted octanol–water partition coefficient (Wildman–Crippen LogP) is 2.63. The molecule has 0 saturated heterocycles. The standard InChI is InChI=1S/C14H21NO3/c1-14(2,3)15-13(17)18-10-9-12(16)11-7-5-4-6-8-11/h4-8,12,16H,9-10H2,1-3H3,(H,15,17)/t12-/m1/s1. The molecule has 0 aliphatic carbocycles. The third kappa shape index (κ3) is 5.68. The number of nitrogens with one attached hydrogen (secondary N) is 1. The van der Waals surface area contributed by atoms with Crippen LogP contribution in [0.25, 0.3) is 0 Å². The van der Waals surface area contributed by atoms with Gasteiger partial charge < -0.3 is 15.2 Å². The van der Waals surface area contributed by atoms with Crippen molar-refractivity contribution in [3.63, 3.8) is 0 Å². The number of carbonyl (C=O) groups excluding carboxylic acids is 1. The van der Waals surface area contributed by atoms with Gasteiger partial charge in [0.2, 0.25) is 0 Å². The van der Waals surface area contributed by atoms with Crippen molar-refractivity contribution in [2.75, 3.05) is 6.61 Å². The van der Waals surface area contributed by atoms with Crippen molar-refractivity contribution < 1.29 is 14.6 Å². The smallest absolute Gasteiger partial charge is 0.407 e. The van der Waals surface area contributed by atoms with Crippen molar-refractivity contribution >= 4 is 6.09 Å². The Morgan fingerprint density at radius 3 is 2.50 bits per heavy atom. The van der Waals surface area contributed by atoms with Crippen molar-refractivity contribution in [3.05, 3.63) is 35.9 Å². The lowest BCUT2D eigenvalue weighted by molar-refractivity contribution is 0.101. The highest BCUT2D eigenvalue weighted by atomic mass is 16.5. The number of aliphatic hydroxyl groups is 1. The van der Waals surface area contributed by atoms with E-state index in [0.717, 1.165) is 5.56 Å². The van der Waals surface area contributed by atoms with Crippen LogP contribution in [0.2, 0.25) is 0 Å². The van der Waals surface area contributed by atoms with Gasteiger partial charge in [-0.25, -0.2) is 4.79 Å². The quantitative estimate of drug-likeness (QED) is 0.864. The molecule has 1 amide bonds. The van der Waals surface area contributed by atoms with Gasteiger partial charge in [0.05, 0.1) is 12.7 Å². The summed E-state index contributed by atoms with van der Waals surface area (Å²) in [6, 6.07) is 9.32. The van der Waals surface area contributed by atoms with Crippen molar-refractivity contribution in [1.29, 1.82) is 0 Å². The number of benzene rings is 1. The van der Waals surface area contributed by atoms with E-state index in [2.05, 4.69) is 5.32 Å². The summed E-state index contributed by atoms with van der Waals surface area (Å²) in [6.45, 7) is 5.84. The average molecular weight is 251 g/mol. The molecule has 1 rings (SSSR count). The number of hydrogen-bond donors (Lipinski definition) is 2. The lowest BCUT2D eigenvalue weighted by atomic mass is 10.1. The van der Waals surface area contributed by atoms with Gasteiger partial charge in [0.1, 0.15) is 0 Å².